The number of hydrogen-bond donors (Lipinski definition) is 0. The third-order valence-corrected chi connectivity index (χ3v) is 3.02. The minimum atomic E-state index is 0.550. The predicted molar refractivity (Wildman–Crippen MR) is 76.0 cm³/mol. The van der Waals surface area contributed by atoms with Crippen LogP contribution in [0.25, 0.3) is 0 Å². The Morgan fingerprint density at radius 1 is 1.56 bits per heavy atom. The van der Waals surface area contributed by atoms with E-state index < -0.39 is 0 Å². The van der Waals surface area contributed by atoms with Crippen molar-refractivity contribution < 1.29 is 0 Å². The molecule has 0 aromatic rings. The average molecular weight is 282 g/mol. The SMILES string of the molecule is CCC\C=C/C1=N/C(Br)=C\C(C)C\C=C\1C. The summed E-state index contributed by atoms with van der Waals surface area (Å²) in [6.07, 6.45) is 12.1. The van der Waals surface area contributed by atoms with E-state index in [4.69, 9.17) is 0 Å². The summed E-state index contributed by atoms with van der Waals surface area (Å²) in [4.78, 5) is 4.58. The van der Waals surface area contributed by atoms with Gasteiger partial charge in [0.1, 0.15) is 4.61 Å². The molecule has 1 atom stereocenters. The van der Waals surface area contributed by atoms with E-state index in [0.29, 0.717) is 5.92 Å². The second-order valence-corrected chi connectivity index (χ2v) is 5.09. The lowest BCUT2D eigenvalue weighted by Gasteiger charge is -2.10. The Morgan fingerprint density at radius 3 is 3.00 bits per heavy atom. The summed E-state index contributed by atoms with van der Waals surface area (Å²) < 4.78 is 0.948. The quantitative estimate of drug-likeness (QED) is 0.645. The van der Waals surface area contributed by atoms with Gasteiger partial charge in [0.05, 0.1) is 5.71 Å². The van der Waals surface area contributed by atoms with E-state index in [1.165, 1.54) is 12.0 Å². The van der Waals surface area contributed by atoms with Gasteiger partial charge in [-0.2, -0.15) is 0 Å². The number of halogens is 1. The molecule has 0 amide bonds. The highest BCUT2D eigenvalue weighted by atomic mass is 79.9. The minimum Gasteiger partial charge on any atom is -0.242 e. The molecule has 88 valence electrons. The van der Waals surface area contributed by atoms with Crippen LogP contribution in [0.15, 0.2) is 39.5 Å². The monoisotopic (exact) mass is 281 g/mol. The molecule has 1 unspecified atom stereocenters. The predicted octanol–water partition coefficient (Wildman–Crippen LogP) is 5.01. The van der Waals surface area contributed by atoms with Crippen LogP contribution >= 0.6 is 15.9 Å². The maximum absolute atomic E-state index is 4.58. The van der Waals surface area contributed by atoms with Crippen molar-refractivity contribution in [2.45, 2.75) is 40.0 Å². The van der Waals surface area contributed by atoms with Crippen LogP contribution in [0.2, 0.25) is 0 Å². The largest absolute Gasteiger partial charge is 0.242 e. The maximum atomic E-state index is 4.58. The minimum absolute atomic E-state index is 0.550. The lowest BCUT2D eigenvalue weighted by atomic mass is 10.0. The van der Waals surface area contributed by atoms with Gasteiger partial charge in [-0.1, -0.05) is 32.4 Å². The Kier molecular flexibility index (Phi) is 5.75. The summed E-state index contributed by atoms with van der Waals surface area (Å²) in [6, 6.07) is 0. The maximum Gasteiger partial charge on any atom is 0.103 e. The molecule has 1 aliphatic rings. The van der Waals surface area contributed by atoms with E-state index >= 15 is 0 Å². The summed E-state index contributed by atoms with van der Waals surface area (Å²) in [5.74, 6) is 0.550. The zero-order valence-corrected chi connectivity index (χ0v) is 11.9. The molecule has 0 N–H and O–H groups in total. The van der Waals surface area contributed by atoms with Gasteiger partial charge < -0.3 is 0 Å². The van der Waals surface area contributed by atoms with Gasteiger partial charge in [-0.25, -0.2) is 4.99 Å². The molecular weight excluding hydrogens is 262 g/mol. The first-order valence-electron chi connectivity index (χ1n) is 5.93. The Hall–Kier alpha value is -0.630. The van der Waals surface area contributed by atoms with Crippen LogP contribution < -0.4 is 0 Å². The highest BCUT2D eigenvalue weighted by Gasteiger charge is 2.05. The standard InChI is InChI=1S/C14H20BrN/c1-4-5-6-7-13-12(3)9-8-11(2)10-14(15)16-13/h6-7,9-11H,4-5,8H2,1-3H3/b7-6-,12-9+,14-10-,16-13-. The van der Waals surface area contributed by atoms with Crippen LogP contribution in [0.5, 0.6) is 0 Å². The first kappa shape index (κ1) is 13.4. The van der Waals surface area contributed by atoms with Gasteiger partial charge in [-0.15, -0.1) is 0 Å². The molecule has 1 aliphatic heterocycles. The molecule has 0 radical (unpaired) electrons. The van der Waals surface area contributed by atoms with Crippen molar-refractivity contribution in [1.82, 2.24) is 0 Å². The van der Waals surface area contributed by atoms with Gasteiger partial charge in [-0.05, 0) is 59.3 Å². The van der Waals surface area contributed by atoms with Crippen molar-refractivity contribution in [2.24, 2.45) is 10.9 Å². The zero-order chi connectivity index (χ0) is 12.0. The number of hydrogen-bond acceptors (Lipinski definition) is 1. The Balaban J connectivity index is 2.90. The number of unbranched alkanes of at least 4 members (excludes halogenated alkanes) is 1. The molecule has 0 aromatic heterocycles. The molecule has 2 heteroatoms. The van der Waals surface area contributed by atoms with E-state index in [1.54, 1.807) is 0 Å². The summed E-state index contributed by atoms with van der Waals surface area (Å²) >= 11 is 3.50. The van der Waals surface area contributed by atoms with E-state index in [0.717, 1.165) is 23.2 Å². The molecule has 0 saturated heterocycles. The van der Waals surface area contributed by atoms with Crippen molar-refractivity contribution in [1.29, 1.82) is 0 Å². The molecule has 1 nitrogen and oxygen atoms in total. The van der Waals surface area contributed by atoms with Crippen LogP contribution in [0, 0.1) is 5.92 Å². The normalized spacial score (nSPS) is 32.0. The fourth-order valence-corrected chi connectivity index (χ4v) is 2.18. The molecule has 0 saturated carbocycles. The van der Waals surface area contributed by atoms with Gasteiger partial charge in [0, 0.05) is 0 Å². The van der Waals surface area contributed by atoms with E-state index in [1.807, 2.05) is 0 Å². The molecule has 1 heterocycles. The fourth-order valence-electron chi connectivity index (χ4n) is 1.54. The fraction of sp³-hybridized carbons (Fsp3) is 0.500. The molecule has 0 aromatic carbocycles. The van der Waals surface area contributed by atoms with Crippen molar-refractivity contribution in [2.75, 3.05) is 0 Å². The highest BCUT2D eigenvalue weighted by molar-refractivity contribution is 9.11. The summed E-state index contributed by atoms with van der Waals surface area (Å²) in [6.45, 7) is 6.52. The van der Waals surface area contributed by atoms with Crippen molar-refractivity contribution in [3.63, 3.8) is 0 Å². The second-order valence-electron chi connectivity index (χ2n) is 4.28. The Morgan fingerprint density at radius 2 is 2.31 bits per heavy atom. The topological polar surface area (TPSA) is 12.4 Å². The third-order valence-electron chi connectivity index (χ3n) is 2.58. The van der Waals surface area contributed by atoms with E-state index in [-0.39, 0.29) is 0 Å². The van der Waals surface area contributed by atoms with Crippen molar-refractivity contribution >= 4 is 21.6 Å². The molecule has 16 heavy (non-hydrogen) atoms. The lowest BCUT2D eigenvalue weighted by Crippen LogP contribution is -2.01. The highest BCUT2D eigenvalue weighted by Crippen LogP contribution is 2.20. The van der Waals surface area contributed by atoms with Crippen LogP contribution in [-0.2, 0) is 0 Å². The summed E-state index contributed by atoms with van der Waals surface area (Å²) in [7, 11) is 0. The van der Waals surface area contributed by atoms with Crippen LogP contribution in [0.4, 0.5) is 0 Å². The van der Waals surface area contributed by atoms with Crippen molar-refractivity contribution in [3.8, 4) is 0 Å². The van der Waals surface area contributed by atoms with Crippen LogP contribution in [0.3, 0.4) is 0 Å². The lowest BCUT2D eigenvalue weighted by molar-refractivity contribution is 0.738. The van der Waals surface area contributed by atoms with Crippen LogP contribution in [-0.4, -0.2) is 5.71 Å². The molecule has 0 spiro atoms. The van der Waals surface area contributed by atoms with E-state index in [2.05, 4.69) is 66.0 Å². The Labute approximate surface area is 107 Å². The molecule has 0 bridgehead atoms. The molecule has 0 fully saturated rings. The molecule has 0 aliphatic carbocycles. The third kappa shape index (κ3) is 4.48. The first-order chi connectivity index (χ1) is 7.63. The summed E-state index contributed by atoms with van der Waals surface area (Å²) in [5, 5.41) is 0. The number of allylic oxidation sites excluding steroid dienone is 5. The zero-order valence-electron chi connectivity index (χ0n) is 10.3. The van der Waals surface area contributed by atoms with Crippen molar-refractivity contribution in [3.05, 3.63) is 34.5 Å². The van der Waals surface area contributed by atoms with Crippen LogP contribution in [0.1, 0.15) is 40.0 Å². The first-order valence-corrected chi connectivity index (χ1v) is 6.72. The average Bonchev–Trinajstić information content (AvgIpc) is 2.23. The smallest absolute Gasteiger partial charge is 0.103 e. The van der Waals surface area contributed by atoms with E-state index in [9.17, 15) is 0 Å². The Bertz CT molecular complexity index is 348. The van der Waals surface area contributed by atoms with Gasteiger partial charge in [-0.3, -0.25) is 0 Å². The molecular formula is C14H20BrN. The van der Waals surface area contributed by atoms with Gasteiger partial charge in [0.25, 0.3) is 0 Å². The number of aliphatic imine (C=N–C) groups is 1. The number of rotatable bonds is 3. The second kappa shape index (κ2) is 6.85. The molecule has 1 rings (SSSR count). The van der Waals surface area contributed by atoms with Gasteiger partial charge >= 0.3 is 0 Å². The summed E-state index contributed by atoms with van der Waals surface area (Å²) in [5.41, 5.74) is 2.34. The van der Waals surface area contributed by atoms with Gasteiger partial charge in [0.2, 0.25) is 0 Å². The number of nitrogens with zero attached hydrogens (tertiary/aromatic N) is 1. The van der Waals surface area contributed by atoms with Gasteiger partial charge in [0.15, 0.2) is 0 Å².